The number of unbranched alkanes of at least 4 members (excludes halogenated alkanes) is 6. The van der Waals surface area contributed by atoms with Crippen molar-refractivity contribution in [1.82, 2.24) is 0 Å². The maximum Gasteiger partial charge on any atom is 0.524 e. The number of benzene rings is 3. The Hall–Kier alpha value is -2.49. The van der Waals surface area contributed by atoms with Gasteiger partial charge in [-0.3, -0.25) is 0 Å². The van der Waals surface area contributed by atoms with E-state index in [1.165, 1.54) is 25.7 Å². The summed E-state index contributed by atoms with van der Waals surface area (Å²) >= 11 is 0. The van der Waals surface area contributed by atoms with Gasteiger partial charge in [0.25, 0.3) is 0 Å². The summed E-state index contributed by atoms with van der Waals surface area (Å²) in [5.41, 5.74) is -5.57. The first-order chi connectivity index (χ1) is 17.7. The molecule has 0 aliphatic heterocycles. The van der Waals surface area contributed by atoms with Crippen molar-refractivity contribution in [2.45, 2.75) is 72.1 Å². The monoisotopic (exact) mass is 554 g/mol. The minimum atomic E-state index is -5.93. The molecule has 0 radical (unpaired) electrons. The van der Waals surface area contributed by atoms with Crippen molar-refractivity contribution in [2.75, 3.05) is 6.61 Å². The first kappa shape index (κ1) is 29.1. The minimum Gasteiger partial charge on any atom is -0.494 e. The van der Waals surface area contributed by atoms with Gasteiger partial charge in [0.05, 0.1) is 6.61 Å². The lowest BCUT2D eigenvalue weighted by Crippen LogP contribution is -2.27. The van der Waals surface area contributed by atoms with Crippen molar-refractivity contribution in [3.05, 3.63) is 84.9 Å². The van der Waals surface area contributed by atoms with Gasteiger partial charge in [0.1, 0.15) is 5.75 Å². The molecule has 0 atom stereocenters. The highest BCUT2D eigenvalue weighted by Gasteiger charge is 2.52. The summed E-state index contributed by atoms with van der Waals surface area (Å²) in [6.07, 6.45) is 8.07. The van der Waals surface area contributed by atoms with E-state index in [1.807, 2.05) is 0 Å². The first-order valence-corrected chi connectivity index (χ1v) is 15.4. The smallest absolute Gasteiger partial charge is 0.494 e. The van der Waals surface area contributed by atoms with Gasteiger partial charge in [-0.25, -0.2) is 0 Å². The van der Waals surface area contributed by atoms with Crippen LogP contribution in [0.5, 0.6) is 5.75 Å². The zero-order valence-corrected chi connectivity index (χ0v) is 22.5. The third-order valence-corrected chi connectivity index (χ3v) is 10.7. The molecule has 0 saturated carbocycles. The number of alkyl halides is 3. The Balaban J connectivity index is 1.91. The number of ether oxygens (including phenoxy) is 1. The molecule has 0 N–H and O–H groups in total. The third-order valence-electron chi connectivity index (χ3n) is 5.80. The molecule has 0 aliphatic carbocycles. The second-order valence-corrected chi connectivity index (χ2v) is 13.0. The summed E-state index contributed by atoms with van der Waals surface area (Å²) in [4.78, 5) is 0.956. The molecule has 202 valence electrons. The minimum absolute atomic E-state index is 0.306. The molecule has 4 nitrogen and oxygen atoms in total. The average molecular weight is 555 g/mol. The van der Waals surface area contributed by atoms with Crippen LogP contribution in [0.15, 0.2) is 99.6 Å². The second-order valence-electron chi connectivity index (χ2n) is 8.59. The van der Waals surface area contributed by atoms with Crippen LogP contribution in [0.1, 0.15) is 51.9 Å². The number of rotatable bonds is 14. The SMILES string of the molecule is CCCCCCCCCOc1ccc(S(OS(=O)(=O)C(F)(F)F)(c2ccccc2)c2ccccc2)cc1. The molecule has 3 rings (SSSR count). The van der Waals surface area contributed by atoms with E-state index < -0.39 is 25.9 Å². The van der Waals surface area contributed by atoms with Gasteiger partial charge in [0.2, 0.25) is 0 Å². The molecule has 0 fully saturated rings. The Kier molecular flexibility index (Phi) is 10.5. The normalized spacial score (nSPS) is 12.9. The molecule has 0 unspecified atom stereocenters. The lowest BCUT2D eigenvalue weighted by molar-refractivity contribution is -0.0496. The number of hydrogen-bond acceptors (Lipinski definition) is 4. The van der Waals surface area contributed by atoms with Crippen LogP contribution in [-0.4, -0.2) is 20.5 Å². The highest BCUT2D eigenvalue weighted by atomic mass is 32.3. The van der Waals surface area contributed by atoms with Gasteiger partial charge in [0.15, 0.2) is 0 Å². The molecule has 37 heavy (non-hydrogen) atoms. The lowest BCUT2D eigenvalue weighted by atomic mass is 10.1. The van der Waals surface area contributed by atoms with Gasteiger partial charge in [-0.05, 0) is 65.3 Å². The Morgan fingerprint density at radius 2 is 1.11 bits per heavy atom. The zero-order chi connectivity index (χ0) is 26.8. The Morgan fingerprint density at radius 3 is 1.59 bits per heavy atom. The molecule has 0 heterocycles. The molecule has 3 aromatic rings. The topological polar surface area (TPSA) is 52.6 Å². The fraction of sp³-hybridized carbons (Fsp3) is 0.357. The van der Waals surface area contributed by atoms with Crippen molar-refractivity contribution >= 4 is 20.4 Å². The van der Waals surface area contributed by atoms with E-state index in [-0.39, 0.29) is 0 Å². The van der Waals surface area contributed by atoms with Crippen LogP contribution in [0.2, 0.25) is 0 Å². The van der Waals surface area contributed by atoms with Crippen molar-refractivity contribution in [3.63, 3.8) is 0 Å². The summed E-state index contributed by atoms with van der Waals surface area (Å²) in [6.45, 7) is 2.72. The largest absolute Gasteiger partial charge is 0.524 e. The summed E-state index contributed by atoms with van der Waals surface area (Å²) < 4.78 is 76.5. The van der Waals surface area contributed by atoms with Gasteiger partial charge in [-0.15, -0.1) is 0 Å². The fourth-order valence-corrected chi connectivity index (χ4v) is 8.64. The van der Waals surface area contributed by atoms with Gasteiger partial charge < -0.3 is 4.74 Å². The predicted octanol–water partition coefficient (Wildman–Crippen LogP) is 8.88. The van der Waals surface area contributed by atoms with Crippen molar-refractivity contribution < 1.29 is 30.0 Å². The highest BCUT2D eigenvalue weighted by molar-refractivity contribution is 8.33. The molecule has 0 amide bonds. The first-order valence-electron chi connectivity index (χ1n) is 12.4. The van der Waals surface area contributed by atoms with Crippen molar-refractivity contribution in [3.8, 4) is 5.75 Å². The van der Waals surface area contributed by atoms with E-state index in [9.17, 15) is 21.6 Å². The van der Waals surface area contributed by atoms with E-state index in [2.05, 4.69) is 6.92 Å². The van der Waals surface area contributed by atoms with E-state index in [0.29, 0.717) is 27.0 Å². The lowest BCUT2D eigenvalue weighted by Gasteiger charge is -2.39. The summed E-state index contributed by atoms with van der Waals surface area (Å²) in [5, 5.41) is 0. The van der Waals surface area contributed by atoms with Gasteiger partial charge in [0, 0.05) is 14.7 Å². The molecule has 0 saturated heterocycles. The molecule has 9 heteroatoms. The van der Waals surface area contributed by atoms with Crippen molar-refractivity contribution in [2.24, 2.45) is 0 Å². The molecule has 0 bridgehead atoms. The van der Waals surface area contributed by atoms with Crippen LogP contribution in [0.4, 0.5) is 13.2 Å². The van der Waals surface area contributed by atoms with E-state index in [1.54, 1.807) is 84.9 Å². The van der Waals surface area contributed by atoms with Crippen LogP contribution in [0.25, 0.3) is 0 Å². The zero-order valence-electron chi connectivity index (χ0n) is 20.8. The Bertz CT molecular complexity index is 1140. The highest BCUT2D eigenvalue weighted by Crippen LogP contribution is 2.70. The number of halogens is 3. The van der Waals surface area contributed by atoms with E-state index in [0.717, 1.165) is 19.3 Å². The van der Waals surface area contributed by atoms with Crippen molar-refractivity contribution in [1.29, 1.82) is 0 Å². The maximum atomic E-state index is 13.5. The van der Waals surface area contributed by atoms with Gasteiger partial charge in [-0.1, -0.05) is 81.8 Å². The number of hydrogen-bond donors (Lipinski definition) is 0. The third kappa shape index (κ3) is 7.52. The molecule has 0 spiro atoms. The predicted molar refractivity (Wildman–Crippen MR) is 141 cm³/mol. The molecule has 0 aliphatic rings. The molecular formula is C28H33F3O4S2. The van der Waals surface area contributed by atoms with E-state index >= 15 is 0 Å². The van der Waals surface area contributed by atoms with Gasteiger partial charge >= 0.3 is 15.6 Å². The second kappa shape index (κ2) is 13.3. The quantitative estimate of drug-likeness (QED) is 0.147. The molecular weight excluding hydrogens is 521 g/mol. The maximum absolute atomic E-state index is 13.5. The van der Waals surface area contributed by atoms with Crippen LogP contribution in [-0.2, 0) is 13.7 Å². The van der Waals surface area contributed by atoms with E-state index in [4.69, 9.17) is 8.37 Å². The van der Waals surface area contributed by atoms with Crippen LogP contribution >= 0.6 is 10.3 Å². The van der Waals surface area contributed by atoms with Crippen LogP contribution < -0.4 is 4.74 Å². The fourth-order valence-electron chi connectivity index (χ4n) is 3.90. The van der Waals surface area contributed by atoms with Gasteiger partial charge in [-0.2, -0.15) is 25.2 Å². The Labute approximate surface area is 219 Å². The standard InChI is InChI=1S/C28H33F3O4S2/c1-2-3-4-5-6-7-14-23-34-24-19-21-27(22-20-24)36(25-15-10-8-11-16-25,26-17-12-9-13-18-26)35-37(32,33)28(29,30)31/h8-13,15-22H,2-7,14,23H2,1H3. The Morgan fingerprint density at radius 1 is 0.649 bits per heavy atom. The summed E-state index contributed by atoms with van der Waals surface area (Å²) in [5.74, 6) is 0.558. The molecule has 0 aromatic heterocycles. The molecule has 3 aromatic carbocycles. The average Bonchev–Trinajstić information content (AvgIpc) is 2.89. The van der Waals surface area contributed by atoms with Crippen LogP contribution in [0.3, 0.4) is 0 Å². The summed E-state index contributed by atoms with van der Waals surface area (Å²) in [7, 11) is -9.23. The van der Waals surface area contributed by atoms with Crippen LogP contribution in [0, 0.1) is 0 Å². The summed E-state index contributed by atoms with van der Waals surface area (Å²) in [6, 6.07) is 22.8.